The van der Waals surface area contributed by atoms with E-state index in [0.29, 0.717) is 5.56 Å². The highest BCUT2D eigenvalue weighted by atomic mass is 32.2. The first-order valence-electron chi connectivity index (χ1n) is 11.7. The van der Waals surface area contributed by atoms with E-state index in [9.17, 15) is 9.90 Å². The first-order valence-corrected chi connectivity index (χ1v) is 12.7. The van der Waals surface area contributed by atoms with Crippen LogP contribution in [0, 0.1) is 0 Å². The van der Waals surface area contributed by atoms with Gasteiger partial charge < -0.3 is 5.11 Å². The molecule has 0 spiro atoms. The molecule has 0 saturated heterocycles. The number of rotatable bonds is 19. The first-order chi connectivity index (χ1) is 13.8. The minimum Gasteiger partial charge on any atom is -0.478 e. The van der Waals surface area contributed by atoms with E-state index in [4.69, 9.17) is 0 Å². The molecule has 2 nitrogen and oxygen atoms in total. The molecule has 0 fully saturated rings. The molecule has 0 heterocycles. The Morgan fingerprint density at radius 2 is 1.14 bits per heavy atom. The summed E-state index contributed by atoms with van der Waals surface area (Å²) in [6.45, 7) is 2.28. The summed E-state index contributed by atoms with van der Waals surface area (Å²) in [6.07, 6.45) is 22.1. The highest BCUT2D eigenvalue weighted by Gasteiger charge is 2.08. The van der Waals surface area contributed by atoms with Crippen molar-refractivity contribution in [2.75, 3.05) is 5.75 Å². The molecular formula is C25H42O2S. The van der Waals surface area contributed by atoms with Gasteiger partial charge in [0.15, 0.2) is 0 Å². The van der Waals surface area contributed by atoms with Gasteiger partial charge in [0.2, 0.25) is 0 Å². The highest BCUT2D eigenvalue weighted by molar-refractivity contribution is 7.99. The average Bonchev–Trinajstić information content (AvgIpc) is 2.70. The Hall–Kier alpha value is -0.960. The second-order valence-corrected chi connectivity index (χ2v) is 9.09. The Morgan fingerprint density at radius 3 is 1.61 bits per heavy atom. The summed E-state index contributed by atoms with van der Waals surface area (Å²) in [4.78, 5) is 12.1. The van der Waals surface area contributed by atoms with Crippen LogP contribution < -0.4 is 0 Å². The molecule has 1 N–H and O–H groups in total. The predicted molar refractivity (Wildman–Crippen MR) is 124 cm³/mol. The van der Waals surface area contributed by atoms with Gasteiger partial charge in [-0.15, -0.1) is 11.8 Å². The monoisotopic (exact) mass is 406 g/mol. The van der Waals surface area contributed by atoms with Crippen molar-refractivity contribution in [3.05, 3.63) is 29.8 Å². The summed E-state index contributed by atoms with van der Waals surface area (Å²) in [5.74, 6) is 0.193. The van der Waals surface area contributed by atoms with Crippen LogP contribution in [0.25, 0.3) is 0 Å². The smallest absolute Gasteiger partial charge is 0.336 e. The molecule has 1 aromatic carbocycles. The van der Waals surface area contributed by atoms with Gasteiger partial charge >= 0.3 is 5.97 Å². The Balaban J connectivity index is 1.83. The molecule has 0 aliphatic carbocycles. The fraction of sp³-hybridized carbons (Fsp3) is 0.720. The molecule has 0 amide bonds. The van der Waals surface area contributed by atoms with Crippen LogP contribution in [0.3, 0.4) is 0 Å². The number of hydrogen-bond donors (Lipinski definition) is 1. The summed E-state index contributed by atoms with van der Waals surface area (Å²) in [6, 6.07) is 7.32. The maximum Gasteiger partial charge on any atom is 0.336 e. The third kappa shape index (κ3) is 13.3. The quantitative estimate of drug-likeness (QED) is 0.184. The van der Waals surface area contributed by atoms with E-state index in [2.05, 4.69) is 6.92 Å². The zero-order valence-corrected chi connectivity index (χ0v) is 18.9. The third-order valence-electron chi connectivity index (χ3n) is 5.37. The summed E-state index contributed by atoms with van der Waals surface area (Å²) < 4.78 is 0. The van der Waals surface area contributed by atoms with Crippen molar-refractivity contribution in [2.45, 2.75) is 115 Å². The van der Waals surface area contributed by atoms with E-state index < -0.39 is 5.97 Å². The molecular weight excluding hydrogens is 364 g/mol. The van der Waals surface area contributed by atoms with Crippen LogP contribution in [0.15, 0.2) is 29.2 Å². The van der Waals surface area contributed by atoms with Crippen LogP contribution in [0.2, 0.25) is 0 Å². The fourth-order valence-corrected chi connectivity index (χ4v) is 4.66. The van der Waals surface area contributed by atoms with Crippen molar-refractivity contribution in [1.82, 2.24) is 0 Å². The SMILES string of the molecule is CCCCCCCCCCCCCCCCCCSc1ccccc1C(=O)O. The van der Waals surface area contributed by atoms with Crippen molar-refractivity contribution in [3.63, 3.8) is 0 Å². The zero-order chi connectivity index (χ0) is 20.3. The van der Waals surface area contributed by atoms with Crippen molar-refractivity contribution in [2.24, 2.45) is 0 Å². The summed E-state index contributed by atoms with van der Waals surface area (Å²) in [5.41, 5.74) is 0.434. The van der Waals surface area contributed by atoms with Gasteiger partial charge in [-0.05, 0) is 24.3 Å². The van der Waals surface area contributed by atoms with Crippen molar-refractivity contribution < 1.29 is 9.90 Å². The van der Waals surface area contributed by atoms with Crippen LogP contribution in [0.5, 0.6) is 0 Å². The Kier molecular flexibility index (Phi) is 16.2. The number of benzene rings is 1. The van der Waals surface area contributed by atoms with Gasteiger partial charge in [-0.1, -0.05) is 115 Å². The van der Waals surface area contributed by atoms with Gasteiger partial charge in [0.25, 0.3) is 0 Å². The number of carboxylic acid groups (broad SMARTS) is 1. The second-order valence-electron chi connectivity index (χ2n) is 7.95. The Morgan fingerprint density at radius 1 is 0.714 bits per heavy atom. The van der Waals surface area contributed by atoms with Gasteiger partial charge in [0, 0.05) is 4.90 Å². The normalized spacial score (nSPS) is 11.0. The van der Waals surface area contributed by atoms with Crippen LogP contribution >= 0.6 is 11.8 Å². The van der Waals surface area contributed by atoms with Gasteiger partial charge in [-0.25, -0.2) is 4.79 Å². The molecule has 0 aliphatic rings. The highest BCUT2D eigenvalue weighted by Crippen LogP contribution is 2.24. The standard InChI is InChI=1S/C25H42O2S/c1-2-3-4-5-6-7-8-9-10-11-12-13-14-15-16-19-22-28-24-21-18-17-20-23(24)25(26)27/h17-18,20-21H,2-16,19,22H2,1H3,(H,26,27). The maximum absolute atomic E-state index is 11.2. The first kappa shape index (κ1) is 25.1. The lowest BCUT2D eigenvalue weighted by atomic mass is 10.0. The number of aromatic carboxylic acids is 1. The molecule has 0 radical (unpaired) electrons. The Bertz CT molecular complexity index is 501. The van der Waals surface area contributed by atoms with Crippen molar-refractivity contribution in [1.29, 1.82) is 0 Å². The zero-order valence-electron chi connectivity index (χ0n) is 18.1. The Labute approximate surface area is 177 Å². The summed E-state index contributed by atoms with van der Waals surface area (Å²) in [7, 11) is 0. The molecule has 3 heteroatoms. The van der Waals surface area contributed by atoms with Crippen LogP contribution in [-0.4, -0.2) is 16.8 Å². The molecule has 0 atom stereocenters. The van der Waals surface area contributed by atoms with Crippen LogP contribution in [0.4, 0.5) is 0 Å². The van der Waals surface area contributed by atoms with Crippen molar-refractivity contribution >= 4 is 17.7 Å². The lowest BCUT2D eigenvalue weighted by Crippen LogP contribution is -1.98. The minimum absolute atomic E-state index is 0.434. The van der Waals surface area contributed by atoms with E-state index in [1.165, 1.54) is 103 Å². The molecule has 1 aromatic rings. The molecule has 0 aromatic heterocycles. The molecule has 0 bridgehead atoms. The topological polar surface area (TPSA) is 37.3 Å². The molecule has 1 rings (SSSR count). The lowest BCUT2D eigenvalue weighted by Gasteiger charge is -2.06. The van der Waals surface area contributed by atoms with E-state index in [-0.39, 0.29) is 0 Å². The minimum atomic E-state index is -0.824. The fourth-order valence-electron chi connectivity index (χ4n) is 3.60. The molecule has 160 valence electrons. The third-order valence-corrected chi connectivity index (χ3v) is 6.53. The number of hydrogen-bond acceptors (Lipinski definition) is 2. The van der Waals surface area contributed by atoms with Gasteiger partial charge in [0.05, 0.1) is 5.56 Å². The van der Waals surface area contributed by atoms with E-state index in [1.54, 1.807) is 23.9 Å². The average molecular weight is 407 g/mol. The lowest BCUT2D eigenvalue weighted by molar-refractivity contribution is 0.0693. The second kappa shape index (κ2) is 18.1. The van der Waals surface area contributed by atoms with E-state index >= 15 is 0 Å². The molecule has 0 unspecified atom stereocenters. The molecule has 0 aliphatic heterocycles. The van der Waals surface area contributed by atoms with E-state index in [1.807, 2.05) is 12.1 Å². The number of carbonyl (C=O) groups is 1. The van der Waals surface area contributed by atoms with Gasteiger partial charge in [-0.2, -0.15) is 0 Å². The molecule has 0 saturated carbocycles. The number of unbranched alkanes of at least 4 members (excludes halogenated alkanes) is 15. The van der Waals surface area contributed by atoms with Crippen LogP contribution in [-0.2, 0) is 0 Å². The summed E-state index contributed by atoms with van der Waals surface area (Å²) in [5, 5.41) is 9.20. The predicted octanol–water partition coefficient (Wildman–Crippen LogP) is 8.74. The number of carboxylic acids is 1. The molecule has 28 heavy (non-hydrogen) atoms. The summed E-state index contributed by atoms with van der Waals surface area (Å²) >= 11 is 1.68. The van der Waals surface area contributed by atoms with Gasteiger partial charge in [-0.3, -0.25) is 0 Å². The van der Waals surface area contributed by atoms with Crippen molar-refractivity contribution in [3.8, 4) is 0 Å². The number of thioether (sulfide) groups is 1. The maximum atomic E-state index is 11.2. The largest absolute Gasteiger partial charge is 0.478 e. The van der Waals surface area contributed by atoms with Crippen LogP contribution in [0.1, 0.15) is 120 Å². The van der Waals surface area contributed by atoms with E-state index in [0.717, 1.165) is 10.6 Å². The van der Waals surface area contributed by atoms with Gasteiger partial charge in [0.1, 0.15) is 0 Å².